The molecule has 45 heavy (non-hydrogen) atoms. The predicted molar refractivity (Wildman–Crippen MR) is 175 cm³/mol. The molecule has 3 aromatic carbocycles. The lowest BCUT2D eigenvalue weighted by molar-refractivity contribution is -0.385. The molecule has 226 valence electrons. The van der Waals surface area contributed by atoms with Gasteiger partial charge in [0.2, 0.25) is 0 Å². The standard InChI is InChI=1S/C35H30N4O5S/c1-20(2)23-13-15-24(16-14-23)32-31(33(40)37-25-9-6-5-7-10-25)22(4)36-35-38(32)34(41)30(45-35)19-26-17-18-29(44-26)27-11-8-12-28(21(27)3)39(42)43/h5-20,32H,1-4H3,(H,37,40)/b30-19-/t32-/m0/s1. The Morgan fingerprint density at radius 1 is 1.02 bits per heavy atom. The summed E-state index contributed by atoms with van der Waals surface area (Å²) >= 11 is 1.21. The molecule has 0 aliphatic carbocycles. The smallest absolute Gasteiger partial charge is 0.273 e. The zero-order valence-corrected chi connectivity index (χ0v) is 25.9. The molecule has 0 saturated carbocycles. The number of nitro benzene ring substituents is 1. The van der Waals surface area contributed by atoms with E-state index in [1.54, 1.807) is 48.8 Å². The van der Waals surface area contributed by atoms with E-state index in [9.17, 15) is 19.7 Å². The molecule has 0 unspecified atom stereocenters. The molecule has 3 heterocycles. The molecule has 0 bridgehead atoms. The van der Waals surface area contributed by atoms with Crippen LogP contribution < -0.4 is 20.2 Å². The van der Waals surface area contributed by atoms with Gasteiger partial charge in [-0.25, -0.2) is 4.99 Å². The maximum Gasteiger partial charge on any atom is 0.273 e. The number of anilines is 1. The van der Waals surface area contributed by atoms with Crippen LogP contribution in [0.1, 0.15) is 55.2 Å². The molecule has 1 amide bonds. The van der Waals surface area contributed by atoms with Gasteiger partial charge in [-0.1, -0.05) is 79.8 Å². The Labute approximate surface area is 262 Å². The van der Waals surface area contributed by atoms with Crippen molar-refractivity contribution in [2.75, 3.05) is 5.32 Å². The van der Waals surface area contributed by atoms with Crippen molar-refractivity contribution >= 4 is 34.7 Å². The number of allylic oxidation sites excluding steroid dienone is 1. The van der Waals surface area contributed by atoms with Gasteiger partial charge in [0.25, 0.3) is 17.2 Å². The minimum absolute atomic E-state index is 0.00246. The highest BCUT2D eigenvalue weighted by molar-refractivity contribution is 7.07. The SMILES string of the molecule is CC1=C(C(=O)Nc2ccccc2)[C@H](c2ccc(C(C)C)cc2)n2c(s/c(=C\c3ccc(-c4cccc([N+](=O)[O-])c4C)o3)c2=O)=N1. The van der Waals surface area contributed by atoms with Gasteiger partial charge in [0, 0.05) is 29.0 Å². The third-order valence-electron chi connectivity index (χ3n) is 7.88. The van der Waals surface area contributed by atoms with Gasteiger partial charge >= 0.3 is 0 Å². The quantitative estimate of drug-likeness (QED) is 0.166. The van der Waals surface area contributed by atoms with Gasteiger partial charge in [0.1, 0.15) is 11.5 Å². The number of aromatic nitrogens is 1. The summed E-state index contributed by atoms with van der Waals surface area (Å²) in [7, 11) is 0. The van der Waals surface area contributed by atoms with E-state index < -0.39 is 11.0 Å². The van der Waals surface area contributed by atoms with Gasteiger partial charge in [-0.05, 0) is 55.2 Å². The van der Waals surface area contributed by atoms with Crippen molar-refractivity contribution in [2.45, 2.75) is 39.7 Å². The minimum Gasteiger partial charge on any atom is -0.457 e. The number of hydrogen-bond donors (Lipinski definition) is 1. The number of rotatable bonds is 7. The first kappa shape index (κ1) is 29.7. The van der Waals surface area contributed by atoms with E-state index >= 15 is 0 Å². The fraction of sp³-hybridized carbons (Fsp3) is 0.171. The average molecular weight is 619 g/mol. The van der Waals surface area contributed by atoms with Gasteiger partial charge in [0.15, 0.2) is 4.80 Å². The Kier molecular flexibility index (Phi) is 7.90. The zero-order valence-electron chi connectivity index (χ0n) is 25.1. The van der Waals surface area contributed by atoms with Crippen molar-refractivity contribution in [1.29, 1.82) is 0 Å². The molecule has 1 atom stereocenters. The van der Waals surface area contributed by atoms with E-state index in [0.717, 1.165) is 11.1 Å². The Balaban J connectivity index is 1.45. The highest BCUT2D eigenvalue weighted by atomic mass is 32.1. The average Bonchev–Trinajstić information content (AvgIpc) is 3.60. The molecule has 2 aromatic heterocycles. The molecule has 0 spiro atoms. The maximum absolute atomic E-state index is 14.1. The van der Waals surface area contributed by atoms with E-state index in [2.05, 4.69) is 19.2 Å². The Morgan fingerprint density at radius 2 is 1.76 bits per heavy atom. The van der Waals surface area contributed by atoms with E-state index in [1.807, 2.05) is 54.6 Å². The number of fused-ring (bicyclic) bond motifs is 1. The molecule has 10 heteroatoms. The lowest BCUT2D eigenvalue weighted by atomic mass is 9.93. The molecular formula is C35H30N4O5S. The Hall–Kier alpha value is -5.35. The van der Waals surface area contributed by atoms with E-state index in [4.69, 9.17) is 9.41 Å². The molecule has 0 fully saturated rings. The molecule has 1 aliphatic heterocycles. The van der Waals surface area contributed by atoms with E-state index in [1.165, 1.54) is 17.4 Å². The van der Waals surface area contributed by atoms with Crippen molar-refractivity contribution in [2.24, 2.45) is 4.99 Å². The highest BCUT2D eigenvalue weighted by Gasteiger charge is 2.32. The van der Waals surface area contributed by atoms with Crippen LogP contribution in [0.25, 0.3) is 17.4 Å². The molecule has 0 radical (unpaired) electrons. The lowest BCUT2D eigenvalue weighted by Gasteiger charge is -2.25. The van der Waals surface area contributed by atoms with Crippen molar-refractivity contribution < 1.29 is 14.1 Å². The summed E-state index contributed by atoms with van der Waals surface area (Å²) in [4.78, 5) is 44.0. The number of hydrogen-bond acceptors (Lipinski definition) is 7. The summed E-state index contributed by atoms with van der Waals surface area (Å²) in [5.74, 6) is 0.853. The third kappa shape index (κ3) is 5.67. The van der Waals surface area contributed by atoms with Crippen LogP contribution >= 0.6 is 11.3 Å². The number of nitrogens with zero attached hydrogens (tertiary/aromatic N) is 3. The number of amides is 1. The fourth-order valence-corrected chi connectivity index (χ4v) is 6.53. The second-order valence-corrected chi connectivity index (χ2v) is 12.1. The number of carbonyl (C=O) groups excluding carboxylic acids is 1. The second-order valence-electron chi connectivity index (χ2n) is 11.1. The van der Waals surface area contributed by atoms with Crippen LogP contribution in [-0.2, 0) is 4.79 Å². The van der Waals surface area contributed by atoms with Crippen molar-refractivity contribution in [3.8, 4) is 11.3 Å². The molecule has 5 aromatic rings. The predicted octanol–water partition coefficient (Wildman–Crippen LogP) is 6.47. The monoisotopic (exact) mass is 618 g/mol. The van der Waals surface area contributed by atoms with Crippen LogP contribution in [0.5, 0.6) is 0 Å². The van der Waals surface area contributed by atoms with Gasteiger partial charge in [-0.2, -0.15) is 0 Å². The second kappa shape index (κ2) is 12.0. The van der Waals surface area contributed by atoms with Gasteiger partial charge in [-0.15, -0.1) is 0 Å². The molecule has 1 N–H and O–H groups in total. The summed E-state index contributed by atoms with van der Waals surface area (Å²) in [5, 5.41) is 14.4. The summed E-state index contributed by atoms with van der Waals surface area (Å²) < 4.78 is 8.00. The van der Waals surface area contributed by atoms with Crippen LogP contribution in [0.4, 0.5) is 11.4 Å². The lowest BCUT2D eigenvalue weighted by Crippen LogP contribution is -2.40. The van der Waals surface area contributed by atoms with Crippen molar-refractivity contribution in [3.05, 3.63) is 148 Å². The van der Waals surface area contributed by atoms with Crippen LogP contribution in [0.2, 0.25) is 0 Å². The molecule has 1 aliphatic rings. The first-order chi connectivity index (χ1) is 21.6. The van der Waals surface area contributed by atoms with Gasteiger partial charge in [0.05, 0.1) is 26.8 Å². The largest absolute Gasteiger partial charge is 0.457 e. The Bertz CT molecular complexity index is 2160. The molecule has 6 rings (SSSR count). The highest BCUT2D eigenvalue weighted by Crippen LogP contribution is 2.33. The number of nitro groups is 1. The van der Waals surface area contributed by atoms with Crippen LogP contribution in [0.15, 0.2) is 110 Å². The summed E-state index contributed by atoms with van der Waals surface area (Å²) in [6.45, 7) is 7.69. The molecule has 0 saturated heterocycles. The number of thiazole rings is 1. The van der Waals surface area contributed by atoms with Gasteiger partial charge < -0.3 is 9.73 Å². The number of carbonyl (C=O) groups is 1. The molecule has 9 nitrogen and oxygen atoms in total. The van der Waals surface area contributed by atoms with E-state index in [-0.39, 0.29) is 17.2 Å². The summed E-state index contributed by atoms with van der Waals surface area (Å²) in [6.07, 6.45) is 1.64. The fourth-order valence-electron chi connectivity index (χ4n) is 5.50. The number of nitrogens with one attached hydrogen (secondary N) is 1. The molecular weight excluding hydrogens is 588 g/mol. The first-order valence-corrected chi connectivity index (χ1v) is 15.3. The summed E-state index contributed by atoms with van der Waals surface area (Å²) in [6, 6.07) is 24.7. The first-order valence-electron chi connectivity index (χ1n) is 14.5. The zero-order chi connectivity index (χ0) is 31.8. The van der Waals surface area contributed by atoms with Crippen LogP contribution in [0.3, 0.4) is 0 Å². The number of para-hydroxylation sites is 1. The maximum atomic E-state index is 14.1. The number of benzene rings is 3. The van der Waals surface area contributed by atoms with Crippen LogP contribution in [-0.4, -0.2) is 15.4 Å². The normalized spacial score (nSPS) is 14.8. The third-order valence-corrected chi connectivity index (χ3v) is 8.87. The minimum atomic E-state index is -0.701. The van der Waals surface area contributed by atoms with Crippen molar-refractivity contribution in [3.63, 3.8) is 0 Å². The topological polar surface area (TPSA) is 120 Å². The van der Waals surface area contributed by atoms with Crippen LogP contribution in [0, 0.1) is 17.0 Å². The van der Waals surface area contributed by atoms with Gasteiger partial charge in [-0.3, -0.25) is 24.3 Å². The number of furan rings is 1. The Morgan fingerprint density at radius 3 is 2.44 bits per heavy atom. The van der Waals surface area contributed by atoms with E-state index in [0.29, 0.717) is 54.9 Å². The van der Waals surface area contributed by atoms with Crippen molar-refractivity contribution in [1.82, 2.24) is 4.57 Å². The summed E-state index contributed by atoms with van der Waals surface area (Å²) in [5.41, 5.74) is 4.27.